The quantitative estimate of drug-likeness (QED) is 0.607. The molecule has 1 N–H and O–H groups in total. The summed E-state index contributed by atoms with van der Waals surface area (Å²) in [6.07, 6.45) is 0. The van der Waals surface area contributed by atoms with E-state index in [1.165, 1.54) is 5.56 Å². The Morgan fingerprint density at radius 1 is 0.625 bits per heavy atom. The second kappa shape index (κ2) is 8.63. The monoisotopic (exact) mass is 319 g/mol. The third-order valence-electron chi connectivity index (χ3n) is 3.53. The fraction of sp³-hybridized carbons (Fsp3) is 0.143. The zero-order chi connectivity index (χ0) is 16.5. The van der Waals surface area contributed by atoms with Crippen LogP contribution in [-0.4, -0.2) is 13.2 Å². The summed E-state index contributed by atoms with van der Waals surface area (Å²) in [7, 11) is 0. The van der Waals surface area contributed by atoms with Crippen LogP contribution in [0, 0.1) is 0 Å². The van der Waals surface area contributed by atoms with Gasteiger partial charge in [-0.15, -0.1) is 0 Å². The average molecular weight is 319 g/mol. The molecule has 0 spiro atoms. The van der Waals surface area contributed by atoms with Gasteiger partial charge in [-0.1, -0.05) is 48.5 Å². The van der Waals surface area contributed by atoms with Gasteiger partial charge in [0, 0.05) is 12.2 Å². The number of hydrogen-bond acceptors (Lipinski definition) is 3. The molecule has 24 heavy (non-hydrogen) atoms. The molecule has 0 atom stereocenters. The number of para-hydroxylation sites is 2. The van der Waals surface area contributed by atoms with Gasteiger partial charge in [0.25, 0.3) is 0 Å². The molecule has 0 fully saturated rings. The number of hydrogen-bond donors (Lipinski definition) is 1. The Bertz CT molecular complexity index is 729. The summed E-state index contributed by atoms with van der Waals surface area (Å²) in [5, 5.41) is 3.40. The van der Waals surface area contributed by atoms with Crippen molar-refractivity contribution in [2.75, 3.05) is 18.5 Å². The molecule has 0 radical (unpaired) electrons. The van der Waals surface area contributed by atoms with E-state index in [1.54, 1.807) is 0 Å². The predicted molar refractivity (Wildman–Crippen MR) is 97.6 cm³/mol. The first-order valence-electron chi connectivity index (χ1n) is 8.09. The van der Waals surface area contributed by atoms with E-state index in [0.717, 1.165) is 23.7 Å². The fourth-order valence-corrected chi connectivity index (χ4v) is 2.34. The highest BCUT2D eigenvalue weighted by atomic mass is 16.5. The Kier molecular flexibility index (Phi) is 5.73. The minimum atomic E-state index is 0.518. The van der Waals surface area contributed by atoms with E-state index in [4.69, 9.17) is 9.47 Å². The van der Waals surface area contributed by atoms with Gasteiger partial charge in [-0.2, -0.15) is 0 Å². The number of rotatable bonds is 8. The van der Waals surface area contributed by atoms with Crippen molar-refractivity contribution >= 4 is 5.69 Å². The van der Waals surface area contributed by atoms with Crippen LogP contribution in [0.4, 0.5) is 5.69 Å². The van der Waals surface area contributed by atoms with E-state index in [-0.39, 0.29) is 0 Å². The molecule has 0 amide bonds. The Balaban J connectivity index is 1.45. The second-order valence-electron chi connectivity index (χ2n) is 5.38. The van der Waals surface area contributed by atoms with Gasteiger partial charge in [0.1, 0.15) is 24.7 Å². The second-order valence-corrected chi connectivity index (χ2v) is 5.38. The zero-order valence-electron chi connectivity index (χ0n) is 13.5. The van der Waals surface area contributed by atoms with Gasteiger partial charge in [-0.25, -0.2) is 0 Å². The Morgan fingerprint density at radius 2 is 1.25 bits per heavy atom. The minimum Gasteiger partial charge on any atom is -0.490 e. The van der Waals surface area contributed by atoms with Crippen molar-refractivity contribution in [2.45, 2.75) is 6.54 Å². The molecule has 3 rings (SSSR count). The van der Waals surface area contributed by atoms with Crippen LogP contribution < -0.4 is 14.8 Å². The van der Waals surface area contributed by atoms with Crippen molar-refractivity contribution < 1.29 is 9.47 Å². The summed E-state index contributed by atoms with van der Waals surface area (Å²) in [4.78, 5) is 0. The van der Waals surface area contributed by atoms with Gasteiger partial charge in [-0.05, 0) is 42.0 Å². The number of benzene rings is 3. The highest BCUT2D eigenvalue weighted by Crippen LogP contribution is 2.15. The summed E-state index contributed by atoms with van der Waals surface area (Å²) in [6.45, 7) is 1.81. The molecular weight excluding hydrogens is 298 g/mol. The molecule has 0 unspecified atom stereocenters. The van der Waals surface area contributed by atoms with E-state index >= 15 is 0 Å². The Morgan fingerprint density at radius 3 is 2.00 bits per heavy atom. The molecule has 0 aliphatic heterocycles. The molecule has 3 heteroatoms. The van der Waals surface area contributed by atoms with Crippen LogP contribution in [0.3, 0.4) is 0 Å². The molecule has 0 aromatic heterocycles. The summed E-state index contributed by atoms with van der Waals surface area (Å²) >= 11 is 0. The number of nitrogens with one attached hydrogen (secondary N) is 1. The van der Waals surface area contributed by atoms with Crippen molar-refractivity contribution in [3.8, 4) is 11.5 Å². The smallest absolute Gasteiger partial charge is 0.122 e. The molecule has 0 bridgehead atoms. The maximum Gasteiger partial charge on any atom is 0.122 e. The highest BCUT2D eigenvalue weighted by molar-refractivity contribution is 5.43. The SMILES string of the molecule is c1ccc(NCc2cccc(OCCOc3ccccc3)c2)cc1. The van der Waals surface area contributed by atoms with Crippen LogP contribution in [0.5, 0.6) is 11.5 Å². The van der Waals surface area contributed by atoms with Crippen LogP contribution >= 0.6 is 0 Å². The van der Waals surface area contributed by atoms with E-state index < -0.39 is 0 Å². The summed E-state index contributed by atoms with van der Waals surface area (Å²) < 4.78 is 11.4. The van der Waals surface area contributed by atoms with Crippen LogP contribution in [-0.2, 0) is 6.54 Å². The van der Waals surface area contributed by atoms with Gasteiger partial charge < -0.3 is 14.8 Å². The first kappa shape index (κ1) is 15.9. The van der Waals surface area contributed by atoms with Crippen molar-refractivity contribution in [3.05, 3.63) is 90.5 Å². The standard InChI is InChI=1S/C21H21NO2/c1-3-9-19(10-4-1)22-17-18-8-7-13-21(16-18)24-15-14-23-20-11-5-2-6-12-20/h1-13,16,22H,14-15,17H2. The van der Waals surface area contributed by atoms with E-state index in [2.05, 4.69) is 29.6 Å². The van der Waals surface area contributed by atoms with Crippen LogP contribution in [0.15, 0.2) is 84.9 Å². The largest absolute Gasteiger partial charge is 0.490 e. The predicted octanol–water partition coefficient (Wildman–Crippen LogP) is 4.76. The van der Waals surface area contributed by atoms with Crippen LogP contribution in [0.1, 0.15) is 5.56 Å². The first-order valence-corrected chi connectivity index (χ1v) is 8.09. The topological polar surface area (TPSA) is 30.5 Å². The van der Waals surface area contributed by atoms with E-state index in [1.807, 2.05) is 60.7 Å². The molecular formula is C21H21NO2. The molecule has 0 heterocycles. The molecule has 3 aromatic carbocycles. The maximum absolute atomic E-state index is 5.77. The molecule has 0 saturated carbocycles. The van der Waals surface area contributed by atoms with Crippen molar-refractivity contribution in [1.29, 1.82) is 0 Å². The molecule has 3 nitrogen and oxygen atoms in total. The maximum atomic E-state index is 5.77. The van der Waals surface area contributed by atoms with Crippen molar-refractivity contribution in [1.82, 2.24) is 0 Å². The van der Waals surface area contributed by atoms with E-state index in [9.17, 15) is 0 Å². The van der Waals surface area contributed by atoms with Gasteiger partial charge >= 0.3 is 0 Å². The third-order valence-corrected chi connectivity index (χ3v) is 3.53. The molecule has 0 aliphatic rings. The molecule has 0 aliphatic carbocycles. The van der Waals surface area contributed by atoms with Gasteiger partial charge in [0.15, 0.2) is 0 Å². The average Bonchev–Trinajstić information content (AvgIpc) is 2.66. The fourth-order valence-electron chi connectivity index (χ4n) is 2.34. The van der Waals surface area contributed by atoms with Crippen molar-refractivity contribution in [2.24, 2.45) is 0 Å². The van der Waals surface area contributed by atoms with Gasteiger partial charge in [-0.3, -0.25) is 0 Å². The molecule has 122 valence electrons. The van der Waals surface area contributed by atoms with Crippen LogP contribution in [0.25, 0.3) is 0 Å². The minimum absolute atomic E-state index is 0.518. The van der Waals surface area contributed by atoms with Gasteiger partial charge in [0.05, 0.1) is 0 Å². The number of ether oxygens (including phenoxy) is 2. The summed E-state index contributed by atoms with van der Waals surface area (Å²) in [5.41, 5.74) is 2.29. The Hall–Kier alpha value is -2.94. The normalized spacial score (nSPS) is 10.2. The highest BCUT2D eigenvalue weighted by Gasteiger charge is 1.99. The lowest BCUT2D eigenvalue weighted by molar-refractivity contribution is 0.217. The molecule has 3 aromatic rings. The van der Waals surface area contributed by atoms with E-state index in [0.29, 0.717) is 13.2 Å². The van der Waals surface area contributed by atoms with Crippen LogP contribution in [0.2, 0.25) is 0 Å². The zero-order valence-corrected chi connectivity index (χ0v) is 13.5. The van der Waals surface area contributed by atoms with Crippen molar-refractivity contribution in [3.63, 3.8) is 0 Å². The van der Waals surface area contributed by atoms with Gasteiger partial charge in [0.2, 0.25) is 0 Å². The third kappa shape index (κ3) is 5.06. The Labute approximate surface area is 142 Å². The lowest BCUT2D eigenvalue weighted by Crippen LogP contribution is -2.09. The first-order chi connectivity index (χ1) is 11.9. The summed E-state index contributed by atoms with van der Waals surface area (Å²) in [5.74, 6) is 1.72. The lowest BCUT2D eigenvalue weighted by Gasteiger charge is -2.10. The summed E-state index contributed by atoms with van der Waals surface area (Å²) in [6, 6.07) is 28.1. The number of anilines is 1. The lowest BCUT2D eigenvalue weighted by atomic mass is 10.2. The molecule has 0 saturated heterocycles.